The number of halogens is 2. The van der Waals surface area contributed by atoms with Gasteiger partial charge in [0, 0.05) is 18.3 Å². The Bertz CT molecular complexity index is 857. The Balaban J connectivity index is 0.000000806. The van der Waals surface area contributed by atoms with Gasteiger partial charge in [0.1, 0.15) is 0 Å². The van der Waals surface area contributed by atoms with Crippen molar-refractivity contribution < 1.29 is 15.1 Å². The standard InChI is InChI=1S/C24H27N2P.2ClH.Zn/c1-19-15-16-20-9-8-14-23(24(20)26-19)25-17-18-27(21-10-4-2-5-11-21)22-12-6-3-7-13-22;;;/h2-7,10-13,15-16,23,25H,8-9,14,17-18H2,1H3;2*1H;/q;;;+2/p-2. The molecule has 1 unspecified atom stereocenters. The summed E-state index contributed by atoms with van der Waals surface area (Å²) in [5, 5.41) is 6.74. The number of fused-ring (bicyclic) bond motifs is 1. The summed E-state index contributed by atoms with van der Waals surface area (Å²) in [6, 6.07) is 26.8. The quantitative estimate of drug-likeness (QED) is 0.332. The first-order valence-corrected chi connectivity index (χ1v) is 19.7. The number of nitrogens with zero attached hydrogens (tertiary/aromatic N) is 1. The predicted molar refractivity (Wildman–Crippen MR) is 128 cm³/mol. The Morgan fingerprint density at radius 2 is 1.57 bits per heavy atom. The van der Waals surface area contributed by atoms with Crippen molar-refractivity contribution in [3.05, 3.63) is 89.7 Å². The molecule has 6 heteroatoms. The fourth-order valence-electron chi connectivity index (χ4n) is 3.92. The molecule has 0 radical (unpaired) electrons. The van der Waals surface area contributed by atoms with Gasteiger partial charge >= 0.3 is 34.5 Å². The van der Waals surface area contributed by atoms with Crippen LogP contribution in [0.25, 0.3) is 0 Å². The summed E-state index contributed by atoms with van der Waals surface area (Å²) in [4.78, 5) is 4.85. The summed E-state index contributed by atoms with van der Waals surface area (Å²) >= 11 is -0.931. The number of hydrogen-bond acceptors (Lipinski definition) is 2. The normalized spacial score (nSPS) is 15.0. The van der Waals surface area contributed by atoms with Crippen LogP contribution >= 0.6 is 27.3 Å². The zero-order valence-electron chi connectivity index (χ0n) is 17.4. The summed E-state index contributed by atoms with van der Waals surface area (Å²) in [6.07, 6.45) is 4.77. The van der Waals surface area contributed by atoms with Gasteiger partial charge < -0.3 is 5.32 Å². The van der Waals surface area contributed by atoms with Gasteiger partial charge in [-0.05, 0) is 62.5 Å². The van der Waals surface area contributed by atoms with Gasteiger partial charge in [0.25, 0.3) is 0 Å². The van der Waals surface area contributed by atoms with E-state index >= 15 is 0 Å². The molecule has 0 saturated heterocycles. The molecule has 0 aliphatic heterocycles. The maximum atomic E-state index is 4.95. The Hall–Kier alpha value is -0.817. The van der Waals surface area contributed by atoms with E-state index in [1.165, 1.54) is 41.1 Å². The molecule has 1 N–H and O–H groups in total. The van der Waals surface area contributed by atoms with Crippen LogP contribution in [0.15, 0.2) is 72.8 Å². The molecule has 0 bridgehead atoms. The van der Waals surface area contributed by atoms with Crippen molar-refractivity contribution in [2.24, 2.45) is 0 Å². The molecule has 1 heterocycles. The number of benzene rings is 2. The van der Waals surface area contributed by atoms with E-state index in [1.807, 2.05) is 0 Å². The van der Waals surface area contributed by atoms with Crippen molar-refractivity contribution in [3.8, 4) is 0 Å². The van der Waals surface area contributed by atoms with Crippen LogP contribution in [0, 0.1) is 6.92 Å². The van der Waals surface area contributed by atoms with E-state index in [-0.39, 0.29) is 7.92 Å². The number of aromatic nitrogens is 1. The van der Waals surface area contributed by atoms with E-state index in [4.69, 9.17) is 24.4 Å². The Morgan fingerprint density at radius 3 is 2.17 bits per heavy atom. The van der Waals surface area contributed by atoms with Crippen molar-refractivity contribution in [1.29, 1.82) is 0 Å². The van der Waals surface area contributed by atoms with Crippen LogP contribution in [-0.2, 0) is 21.6 Å². The molecule has 1 aromatic heterocycles. The van der Waals surface area contributed by atoms with Gasteiger partial charge in [0.2, 0.25) is 0 Å². The summed E-state index contributed by atoms with van der Waals surface area (Å²) in [6.45, 7) is 3.12. The van der Waals surface area contributed by atoms with Crippen LogP contribution in [0.1, 0.15) is 35.8 Å². The average Bonchev–Trinajstić information content (AvgIpc) is 2.78. The number of hydrogen-bond donors (Lipinski definition) is 1. The topological polar surface area (TPSA) is 24.9 Å². The monoisotopic (exact) mass is 508 g/mol. The number of rotatable bonds is 6. The predicted octanol–water partition coefficient (Wildman–Crippen LogP) is 5.87. The van der Waals surface area contributed by atoms with E-state index < -0.39 is 15.1 Å². The third-order valence-electron chi connectivity index (χ3n) is 5.28. The molecule has 0 amide bonds. The summed E-state index contributed by atoms with van der Waals surface area (Å²) in [5.41, 5.74) is 3.83. The number of pyridine rings is 1. The van der Waals surface area contributed by atoms with Gasteiger partial charge in [0.15, 0.2) is 0 Å². The number of aryl methyl sites for hydroxylation is 2. The minimum absolute atomic E-state index is 0.334. The third kappa shape index (κ3) is 6.84. The van der Waals surface area contributed by atoms with Crippen molar-refractivity contribution in [1.82, 2.24) is 10.3 Å². The second-order valence-corrected chi connectivity index (χ2v) is 14.3. The van der Waals surface area contributed by atoms with Gasteiger partial charge in [-0.25, -0.2) is 0 Å². The second-order valence-electron chi connectivity index (χ2n) is 7.32. The van der Waals surface area contributed by atoms with Crippen LogP contribution in [0.2, 0.25) is 0 Å². The molecule has 1 atom stereocenters. The maximum absolute atomic E-state index is 4.95. The molecular formula is C24H27Cl2N2PZn. The van der Waals surface area contributed by atoms with Gasteiger partial charge in [-0.1, -0.05) is 66.7 Å². The average molecular weight is 511 g/mol. The van der Waals surface area contributed by atoms with Crippen LogP contribution in [0.3, 0.4) is 0 Å². The summed E-state index contributed by atoms with van der Waals surface area (Å²) in [5.74, 6) is 0. The van der Waals surface area contributed by atoms with Gasteiger partial charge in [-0.2, -0.15) is 0 Å². The molecule has 30 heavy (non-hydrogen) atoms. The molecule has 1 aliphatic rings. The van der Waals surface area contributed by atoms with Gasteiger partial charge in [-0.3, -0.25) is 4.98 Å². The Morgan fingerprint density at radius 1 is 0.967 bits per heavy atom. The molecular weight excluding hydrogens is 484 g/mol. The Kier molecular flexibility index (Phi) is 10.2. The van der Waals surface area contributed by atoms with Crippen molar-refractivity contribution >= 4 is 37.9 Å². The third-order valence-corrected chi connectivity index (χ3v) is 7.80. The van der Waals surface area contributed by atoms with Crippen molar-refractivity contribution in [3.63, 3.8) is 0 Å². The van der Waals surface area contributed by atoms with Crippen LogP contribution in [0.4, 0.5) is 0 Å². The van der Waals surface area contributed by atoms with E-state index in [1.54, 1.807) is 0 Å². The second kappa shape index (κ2) is 12.9. The molecule has 3 aromatic rings. The minimum atomic E-state index is -0.931. The molecule has 0 saturated carbocycles. The zero-order valence-corrected chi connectivity index (χ0v) is 22.8. The molecule has 0 fully saturated rings. The fourth-order valence-corrected chi connectivity index (χ4v) is 6.16. The number of nitrogens with one attached hydrogen (secondary N) is 1. The fraction of sp³-hybridized carbons (Fsp3) is 0.292. The van der Waals surface area contributed by atoms with Crippen molar-refractivity contribution in [2.75, 3.05) is 12.7 Å². The first-order valence-electron chi connectivity index (χ1n) is 10.4. The van der Waals surface area contributed by atoms with E-state index in [2.05, 4.69) is 85.0 Å². The first-order chi connectivity index (χ1) is 14.7. The van der Waals surface area contributed by atoms with Crippen LogP contribution in [-0.4, -0.2) is 17.7 Å². The molecule has 1 aliphatic carbocycles. The van der Waals surface area contributed by atoms with E-state index in [9.17, 15) is 0 Å². The summed E-state index contributed by atoms with van der Waals surface area (Å²) in [7, 11) is 9.57. The Labute approximate surface area is 197 Å². The van der Waals surface area contributed by atoms with Crippen LogP contribution in [0.5, 0.6) is 0 Å². The van der Waals surface area contributed by atoms with Gasteiger partial charge in [-0.15, -0.1) is 0 Å². The SMILES string of the molecule is Cc1ccc2c(n1)C(NCCP(c1ccccc1)c1ccccc1)CCC2.[Cl][Zn][Cl]. The zero-order chi connectivity index (χ0) is 21.2. The summed E-state index contributed by atoms with van der Waals surface area (Å²) < 4.78 is 0. The van der Waals surface area contributed by atoms with Crippen LogP contribution < -0.4 is 15.9 Å². The van der Waals surface area contributed by atoms with Gasteiger partial charge in [0.05, 0.1) is 5.69 Å². The molecule has 2 nitrogen and oxygen atoms in total. The molecule has 0 spiro atoms. The molecule has 154 valence electrons. The first kappa shape index (κ1) is 23.8. The molecule has 4 rings (SSSR count). The van der Waals surface area contributed by atoms with Crippen molar-refractivity contribution in [2.45, 2.75) is 32.2 Å². The van der Waals surface area contributed by atoms with E-state index in [0.717, 1.165) is 18.4 Å². The molecule has 2 aromatic carbocycles. The van der Waals surface area contributed by atoms with E-state index in [0.29, 0.717) is 6.04 Å².